The van der Waals surface area contributed by atoms with Crippen molar-refractivity contribution in [3.63, 3.8) is 0 Å². The second kappa shape index (κ2) is 4.56. The molecule has 0 aliphatic carbocycles. The fourth-order valence-corrected chi connectivity index (χ4v) is 2.68. The number of nitrogens with zero attached hydrogens (tertiary/aromatic N) is 3. The molecule has 0 atom stereocenters. The number of aromatic nitrogens is 2. The Bertz CT molecular complexity index is 827. The number of rotatable bonds is 3. The average molecular weight is 276 g/mol. The van der Waals surface area contributed by atoms with Crippen LogP contribution in [0.1, 0.15) is 10.4 Å². The maximum absolute atomic E-state index is 12.5. The Balaban J connectivity index is 1.70. The van der Waals surface area contributed by atoms with Crippen LogP contribution in [0.4, 0.5) is 11.6 Å². The van der Waals surface area contributed by atoms with Gasteiger partial charge in [-0.15, -0.1) is 0 Å². The highest BCUT2D eigenvalue weighted by atomic mass is 16.2. The zero-order valence-corrected chi connectivity index (χ0v) is 11.2. The molecule has 102 valence electrons. The molecule has 0 saturated heterocycles. The minimum absolute atomic E-state index is 0.00484. The predicted molar refractivity (Wildman–Crippen MR) is 81.3 cm³/mol. The highest BCUT2D eigenvalue weighted by Gasteiger charge is 2.29. The van der Waals surface area contributed by atoms with E-state index in [1.807, 2.05) is 36.4 Å². The monoisotopic (exact) mass is 276 g/mol. The Labute approximate surface area is 121 Å². The molecule has 1 N–H and O–H groups in total. The average Bonchev–Trinajstić information content (AvgIpc) is 2.81. The Morgan fingerprint density at radius 1 is 1.00 bits per heavy atom. The molecule has 0 unspecified atom stereocenters. The molecule has 4 rings (SSSR count). The number of carbonyl (C=O) groups is 1. The fourth-order valence-electron chi connectivity index (χ4n) is 2.68. The third-order valence-corrected chi connectivity index (χ3v) is 3.61. The van der Waals surface area contributed by atoms with Crippen LogP contribution < -0.4 is 10.2 Å². The second-order valence-corrected chi connectivity index (χ2v) is 4.82. The van der Waals surface area contributed by atoms with Gasteiger partial charge in [0.25, 0.3) is 5.91 Å². The third kappa shape index (κ3) is 1.82. The molecule has 21 heavy (non-hydrogen) atoms. The van der Waals surface area contributed by atoms with Crippen LogP contribution >= 0.6 is 0 Å². The minimum atomic E-state index is 0.00484. The largest absolute Gasteiger partial charge is 0.336 e. The second-order valence-electron chi connectivity index (χ2n) is 4.82. The fraction of sp³-hybridized carbons (Fsp3) is 0.0625. The van der Waals surface area contributed by atoms with Gasteiger partial charge in [0.15, 0.2) is 0 Å². The molecular weight excluding hydrogens is 264 g/mol. The normalized spacial score (nSPS) is 13.0. The highest BCUT2D eigenvalue weighted by Crippen LogP contribution is 2.36. The van der Waals surface area contributed by atoms with Crippen LogP contribution in [0.2, 0.25) is 0 Å². The van der Waals surface area contributed by atoms with Crippen molar-refractivity contribution in [3.05, 3.63) is 60.4 Å². The summed E-state index contributed by atoms with van der Waals surface area (Å²) in [6.07, 6.45) is 3.33. The molecule has 0 spiro atoms. The van der Waals surface area contributed by atoms with Gasteiger partial charge in [0, 0.05) is 23.3 Å². The molecule has 0 radical (unpaired) electrons. The summed E-state index contributed by atoms with van der Waals surface area (Å²) in [5.74, 6) is 0.513. The number of carbonyl (C=O) groups excluding carboxylic acids is 1. The van der Waals surface area contributed by atoms with Gasteiger partial charge < -0.3 is 5.32 Å². The van der Waals surface area contributed by atoms with Crippen LogP contribution in [-0.2, 0) is 0 Å². The molecule has 1 amide bonds. The van der Waals surface area contributed by atoms with Crippen molar-refractivity contribution in [2.75, 3.05) is 16.9 Å². The van der Waals surface area contributed by atoms with Crippen molar-refractivity contribution in [1.82, 2.24) is 9.97 Å². The highest BCUT2D eigenvalue weighted by molar-refractivity contribution is 6.25. The van der Waals surface area contributed by atoms with Crippen molar-refractivity contribution in [1.29, 1.82) is 0 Å². The van der Waals surface area contributed by atoms with Gasteiger partial charge in [-0.05, 0) is 23.6 Å². The van der Waals surface area contributed by atoms with Gasteiger partial charge in [-0.2, -0.15) is 0 Å². The summed E-state index contributed by atoms with van der Waals surface area (Å²) in [6.45, 7) is 0.344. The Kier molecular flexibility index (Phi) is 2.57. The number of benzene rings is 2. The SMILES string of the molecule is O=C1c2cccc3cccc(c23)N1CNc1ncccn1. The van der Waals surface area contributed by atoms with Gasteiger partial charge in [0.05, 0.1) is 12.4 Å². The first-order valence-corrected chi connectivity index (χ1v) is 6.69. The maximum Gasteiger partial charge on any atom is 0.260 e. The van der Waals surface area contributed by atoms with Crippen molar-refractivity contribution in [3.8, 4) is 0 Å². The summed E-state index contributed by atoms with van der Waals surface area (Å²) in [7, 11) is 0. The summed E-state index contributed by atoms with van der Waals surface area (Å²) in [6, 6.07) is 13.5. The van der Waals surface area contributed by atoms with E-state index >= 15 is 0 Å². The van der Waals surface area contributed by atoms with E-state index in [4.69, 9.17) is 0 Å². The molecule has 0 bridgehead atoms. The van der Waals surface area contributed by atoms with E-state index in [0.717, 1.165) is 22.0 Å². The summed E-state index contributed by atoms with van der Waals surface area (Å²) < 4.78 is 0. The van der Waals surface area contributed by atoms with E-state index in [2.05, 4.69) is 15.3 Å². The molecule has 1 aliphatic heterocycles. The zero-order chi connectivity index (χ0) is 14.2. The van der Waals surface area contributed by atoms with Crippen LogP contribution in [0.5, 0.6) is 0 Å². The first-order chi connectivity index (χ1) is 10.3. The lowest BCUT2D eigenvalue weighted by Crippen LogP contribution is -2.32. The lowest BCUT2D eigenvalue weighted by Gasteiger charge is -2.18. The van der Waals surface area contributed by atoms with Crippen molar-refractivity contribution in [2.45, 2.75) is 0 Å². The van der Waals surface area contributed by atoms with E-state index in [9.17, 15) is 4.79 Å². The van der Waals surface area contributed by atoms with E-state index in [1.165, 1.54) is 0 Å². The molecule has 1 aliphatic rings. The zero-order valence-electron chi connectivity index (χ0n) is 11.2. The Hall–Kier alpha value is -2.95. The number of amides is 1. The van der Waals surface area contributed by atoms with E-state index < -0.39 is 0 Å². The summed E-state index contributed by atoms with van der Waals surface area (Å²) in [5, 5.41) is 5.17. The smallest absolute Gasteiger partial charge is 0.260 e. The molecule has 5 heteroatoms. The molecule has 2 aromatic carbocycles. The predicted octanol–water partition coefficient (Wildman–Crippen LogP) is 2.66. The number of nitrogens with one attached hydrogen (secondary N) is 1. The Morgan fingerprint density at radius 2 is 1.76 bits per heavy atom. The van der Waals surface area contributed by atoms with Crippen molar-refractivity contribution in [2.24, 2.45) is 0 Å². The van der Waals surface area contributed by atoms with Crippen molar-refractivity contribution < 1.29 is 4.79 Å². The first-order valence-electron chi connectivity index (χ1n) is 6.69. The molecule has 5 nitrogen and oxygen atoms in total. The summed E-state index contributed by atoms with van der Waals surface area (Å²) in [4.78, 5) is 22.5. The van der Waals surface area contributed by atoms with Crippen LogP contribution in [0, 0.1) is 0 Å². The summed E-state index contributed by atoms with van der Waals surface area (Å²) in [5.41, 5.74) is 1.68. The molecule has 0 saturated carbocycles. The molecule has 3 aromatic rings. The van der Waals surface area contributed by atoms with Gasteiger partial charge in [0.2, 0.25) is 5.95 Å². The standard InChI is InChI=1S/C16H12N4O/c21-15-12-6-1-4-11-5-2-7-13(14(11)12)20(15)10-19-16-17-8-3-9-18-16/h1-9H,10H2,(H,17,18,19). The minimum Gasteiger partial charge on any atom is -0.336 e. The van der Waals surface area contributed by atoms with Gasteiger partial charge in [-0.25, -0.2) is 9.97 Å². The Morgan fingerprint density at radius 3 is 2.57 bits per heavy atom. The third-order valence-electron chi connectivity index (χ3n) is 3.61. The summed E-state index contributed by atoms with van der Waals surface area (Å²) >= 11 is 0. The molecule has 0 fully saturated rings. The van der Waals surface area contributed by atoms with Crippen LogP contribution in [0.3, 0.4) is 0 Å². The number of anilines is 2. The molecule has 2 heterocycles. The van der Waals surface area contributed by atoms with Crippen LogP contribution in [0.15, 0.2) is 54.9 Å². The molecular formula is C16H12N4O. The molecule has 1 aromatic heterocycles. The quantitative estimate of drug-likeness (QED) is 0.799. The van der Waals surface area contributed by atoms with Gasteiger partial charge in [0.1, 0.15) is 0 Å². The van der Waals surface area contributed by atoms with Gasteiger partial charge in [-0.1, -0.05) is 24.3 Å². The van der Waals surface area contributed by atoms with Crippen LogP contribution in [0.25, 0.3) is 10.8 Å². The maximum atomic E-state index is 12.5. The van der Waals surface area contributed by atoms with Crippen molar-refractivity contribution >= 4 is 28.3 Å². The van der Waals surface area contributed by atoms with Gasteiger partial charge >= 0.3 is 0 Å². The first kappa shape index (κ1) is 11.8. The van der Waals surface area contributed by atoms with E-state index in [-0.39, 0.29) is 5.91 Å². The van der Waals surface area contributed by atoms with Gasteiger partial charge in [-0.3, -0.25) is 9.69 Å². The van der Waals surface area contributed by atoms with E-state index in [0.29, 0.717) is 12.6 Å². The number of hydrogen-bond donors (Lipinski definition) is 1. The lowest BCUT2D eigenvalue weighted by molar-refractivity contribution is 0.0995. The van der Waals surface area contributed by atoms with Crippen LogP contribution in [-0.4, -0.2) is 22.5 Å². The lowest BCUT2D eigenvalue weighted by atomic mass is 10.1. The van der Waals surface area contributed by atoms with E-state index in [1.54, 1.807) is 23.4 Å². The number of hydrogen-bond acceptors (Lipinski definition) is 4. The topological polar surface area (TPSA) is 58.1 Å².